The first-order valence-electron chi connectivity index (χ1n) is 5.87. The fourth-order valence-corrected chi connectivity index (χ4v) is 1.52. The third kappa shape index (κ3) is 5.54. The minimum atomic E-state index is -0.653. The SMILES string of the molecule is CC(C)(C)CC(=O)NCCC(O)c1ccco1. The first kappa shape index (κ1) is 13.8. The van der Waals surface area contributed by atoms with Crippen LogP contribution in [0.25, 0.3) is 0 Å². The molecular weight excluding hydrogens is 218 g/mol. The number of furan rings is 1. The molecule has 1 atom stereocenters. The van der Waals surface area contributed by atoms with Crippen molar-refractivity contribution in [2.24, 2.45) is 5.41 Å². The fraction of sp³-hybridized carbons (Fsp3) is 0.615. The monoisotopic (exact) mass is 239 g/mol. The molecule has 0 spiro atoms. The number of amides is 1. The molecule has 1 amide bonds. The maximum Gasteiger partial charge on any atom is 0.220 e. The maximum atomic E-state index is 11.5. The third-order valence-electron chi connectivity index (χ3n) is 2.30. The van der Waals surface area contributed by atoms with Gasteiger partial charge in [-0.2, -0.15) is 0 Å². The molecule has 1 rings (SSSR count). The molecule has 4 nitrogen and oxygen atoms in total. The minimum Gasteiger partial charge on any atom is -0.467 e. The van der Waals surface area contributed by atoms with Gasteiger partial charge in [0.15, 0.2) is 0 Å². The van der Waals surface area contributed by atoms with E-state index in [0.29, 0.717) is 25.1 Å². The van der Waals surface area contributed by atoms with E-state index in [1.165, 1.54) is 6.26 Å². The first-order valence-corrected chi connectivity index (χ1v) is 5.87. The lowest BCUT2D eigenvalue weighted by Gasteiger charge is -2.17. The van der Waals surface area contributed by atoms with Gasteiger partial charge in [0.25, 0.3) is 0 Å². The summed E-state index contributed by atoms with van der Waals surface area (Å²) in [6.07, 6.45) is 1.82. The molecule has 0 fully saturated rings. The lowest BCUT2D eigenvalue weighted by molar-refractivity contribution is -0.122. The van der Waals surface area contributed by atoms with E-state index < -0.39 is 6.10 Å². The van der Waals surface area contributed by atoms with Gasteiger partial charge in [-0.3, -0.25) is 4.79 Å². The molecule has 0 saturated carbocycles. The Bertz CT molecular complexity index is 338. The normalized spacial score (nSPS) is 13.4. The summed E-state index contributed by atoms with van der Waals surface area (Å²) >= 11 is 0. The Labute approximate surface area is 102 Å². The number of aliphatic hydroxyl groups excluding tert-OH is 1. The van der Waals surface area contributed by atoms with E-state index in [4.69, 9.17) is 4.42 Å². The Kier molecular flexibility index (Phi) is 4.75. The van der Waals surface area contributed by atoms with Crippen LogP contribution in [-0.2, 0) is 4.79 Å². The summed E-state index contributed by atoms with van der Waals surface area (Å²) in [6.45, 7) is 6.51. The molecule has 0 aliphatic rings. The van der Waals surface area contributed by atoms with Gasteiger partial charge < -0.3 is 14.8 Å². The Morgan fingerprint density at radius 2 is 2.24 bits per heavy atom. The van der Waals surface area contributed by atoms with E-state index in [9.17, 15) is 9.90 Å². The molecule has 0 bridgehead atoms. The average Bonchev–Trinajstić information content (AvgIpc) is 2.66. The Morgan fingerprint density at radius 1 is 1.53 bits per heavy atom. The van der Waals surface area contributed by atoms with Crippen molar-refractivity contribution in [3.63, 3.8) is 0 Å². The van der Waals surface area contributed by atoms with E-state index in [1.54, 1.807) is 12.1 Å². The standard InChI is InChI=1S/C13H21NO3/c1-13(2,3)9-12(16)14-7-6-10(15)11-5-4-8-17-11/h4-5,8,10,15H,6-7,9H2,1-3H3,(H,14,16). The van der Waals surface area contributed by atoms with Crippen LogP contribution in [0.5, 0.6) is 0 Å². The number of hydrogen-bond acceptors (Lipinski definition) is 3. The van der Waals surface area contributed by atoms with Crippen LogP contribution in [0.15, 0.2) is 22.8 Å². The van der Waals surface area contributed by atoms with Crippen LogP contribution in [0.1, 0.15) is 45.5 Å². The highest BCUT2D eigenvalue weighted by Gasteiger charge is 2.16. The minimum absolute atomic E-state index is 0.0102. The highest BCUT2D eigenvalue weighted by Crippen LogP contribution is 2.18. The second-order valence-electron chi connectivity index (χ2n) is 5.41. The van der Waals surface area contributed by atoms with Crippen molar-refractivity contribution in [2.45, 2.75) is 39.7 Å². The molecule has 1 unspecified atom stereocenters. The lowest BCUT2D eigenvalue weighted by Crippen LogP contribution is -2.29. The maximum absolute atomic E-state index is 11.5. The van der Waals surface area contributed by atoms with E-state index in [-0.39, 0.29) is 11.3 Å². The van der Waals surface area contributed by atoms with E-state index in [2.05, 4.69) is 5.32 Å². The van der Waals surface area contributed by atoms with Gasteiger partial charge >= 0.3 is 0 Å². The number of aliphatic hydroxyl groups is 1. The third-order valence-corrected chi connectivity index (χ3v) is 2.30. The largest absolute Gasteiger partial charge is 0.467 e. The summed E-state index contributed by atoms with van der Waals surface area (Å²) in [5.74, 6) is 0.555. The first-order chi connectivity index (χ1) is 7.88. The summed E-state index contributed by atoms with van der Waals surface area (Å²) in [5, 5.41) is 12.5. The Balaban J connectivity index is 2.22. The van der Waals surface area contributed by atoms with Crippen LogP contribution in [0.3, 0.4) is 0 Å². The van der Waals surface area contributed by atoms with Crippen molar-refractivity contribution in [1.82, 2.24) is 5.32 Å². The number of carbonyl (C=O) groups excluding carboxylic acids is 1. The van der Waals surface area contributed by atoms with Crippen LogP contribution in [0.4, 0.5) is 0 Å². The van der Waals surface area contributed by atoms with Crippen LogP contribution in [-0.4, -0.2) is 17.6 Å². The van der Waals surface area contributed by atoms with E-state index in [1.807, 2.05) is 20.8 Å². The second-order valence-corrected chi connectivity index (χ2v) is 5.41. The van der Waals surface area contributed by atoms with Crippen molar-refractivity contribution < 1.29 is 14.3 Å². The van der Waals surface area contributed by atoms with Gasteiger partial charge in [0, 0.05) is 13.0 Å². The van der Waals surface area contributed by atoms with Crippen molar-refractivity contribution in [1.29, 1.82) is 0 Å². The van der Waals surface area contributed by atoms with Gasteiger partial charge in [-0.1, -0.05) is 20.8 Å². The Morgan fingerprint density at radius 3 is 2.76 bits per heavy atom. The average molecular weight is 239 g/mol. The lowest BCUT2D eigenvalue weighted by atomic mass is 9.92. The van der Waals surface area contributed by atoms with Gasteiger partial charge in [0.05, 0.1) is 6.26 Å². The van der Waals surface area contributed by atoms with Crippen molar-refractivity contribution in [2.75, 3.05) is 6.54 Å². The molecule has 1 heterocycles. The highest BCUT2D eigenvalue weighted by atomic mass is 16.4. The number of hydrogen-bond donors (Lipinski definition) is 2. The van der Waals surface area contributed by atoms with E-state index in [0.717, 1.165) is 0 Å². The molecule has 0 saturated heterocycles. The predicted octanol–water partition coefficient (Wildman–Crippen LogP) is 2.26. The molecule has 2 N–H and O–H groups in total. The van der Waals surface area contributed by atoms with Crippen LogP contribution >= 0.6 is 0 Å². The van der Waals surface area contributed by atoms with Crippen molar-refractivity contribution in [3.05, 3.63) is 24.2 Å². The molecular formula is C13H21NO3. The molecule has 0 radical (unpaired) electrons. The molecule has 4 heteroatoms. The van der Waals surface area contributed by atoms with Gasteiger partial charge in [-0.15, -0.1) is 0 Å². The zero-order valence-electron chi connectivity index (χ0n) is 10.7. The zero-order valence-corrected chi connectivity index (χ0v) is 10.7. The van der Waals surface area contributed by atoms with Gasteiger partial charge in [0.2, 0.25) is 5.91 Å². The summed E-state index contributed by atoms with van der Waals surface area (Å²) in [4.78, 5) is 11.5. The molecule has 1 aromatic heterocycles. The van der Waals surface area contributed by atoms with Crippen molar-refractivity contribution in [3.8, 4) is 0 Å². The number of nitrogens with one attached hydrogen (secondary N) is 1. The van der Waals surface area contributed by atoms with Gasteiger partial charge in [-0.05, 0) is 24.0 Å². The molecule has 17 heavy (non-hydrogen) atoms. The second kappa shape index (κ2) is 5.87. The smallest absolute Gasteiger partial charge is 0.220 e. The van der Waals surface area contributed by atoms with Gasteiger partial charge in [0.1, 0.15) is 11.9 Å². The van der Waals surface area contributed by atoms with Crippen LogP contribution in [0, 0.1) is 5.41 Å². The molecule has 0 aliphatic heterocycles. The number of rotatable bonds is 5. The molecule has 0 aliphatic carbocycles. The predicted molar refractivity (Wildman–Crippen MR) is 65.4 cm³/mol. The van der Waals surface area contributed by atoms with Crippen LogP contribution < -0.4 is 5.32 Å². The molecule has 0 aromatic carbocycles. The number of carbonyl (C=O) groups is 1. The summed E-state index contributed by atoms with van der Waals surface area (Å²) in [6, 6.07) is 3.46. The van der Waals surface area contributed by atoms with Crippen LogP contribution in [0.2, 0.25) is 0 Å². The Hall–Kier alpha value is -1.29. The summed E-state index contributed by atoms with van der Waals surface area (Å²) in [5.41, 5.74) is -0.0102. The topological polar surface area (TPSA) is 62.5 Å². The highest BCUT2D eigenvalue weighted by molar-refractivity contribution is 5.76. The zero-order chi connectivity index (χ0) is 12.9. The summed E-state index contributed by atoms with van der Waals surface area (Å²) < 4.78 is 5.07. The fourth-order valence-electron chi connectivity index (χ4n) is 1.52. The van der Waals surface area contributed by atoms with Gasteiger partial charge in [-0.25, -0.2) is 0 Å². The molecule has 1 aromatic rings. The van der Waals surface area contributed by atoms with E-state index >= 15 is 0 Å². The molecule has 96 valence electrons. The van der Waals surface area contributed by atoms with Crippen molar-refractivity contribution >= 4 is 5.91 Å². The summed E-state index contributed by atoms with van der Waals surface area (Å²) in [7, 11) is 0. The quantitative estimate of drug-likeness (QED) is 0.828.